The van der Waals surface area contributed by atoms with Crippen LogP contribution >= 0.6 is 0 Å². The van der Waals surface area contributed by atoms with Crippen molar-refractivity contribution >= 4 is 16.1 Å². The van der Waals surface area contributed by atoms with Gasteiger partial charge in [-0.25, -0.2) is 0 Å². The minimum absolute atomic E-state index is 0.497. The highest BCUT2D eigenvalue weighted by atomic mass is 28.3. The Morgan fingerprint density at radius 3 is 1.69 bits per heavy atom. The number of hydrogen-bond acceptors (Lipinski definition) is 0. The third-order valence-electron chi connectivity index (χ3n) is 4.12. The van der Waals surface area contributed by atoms with Crippen molar-refractivity contribution in [2.45, 2.75) is 77.1 Å². The van der Waals surface area contributed by atoms with Gasteiger partial charge in [-0.1, -0.05) is 71.7 Å². The van der Waals surface area contributed by atoms with Crippen LogP contribution < -0.4 is 0 Å². The maximum Gasteiger partial charge on any atom is 0.0593 e. The second-order valence-electron chi connectivity index (χ2n) is 7.87. The average Bonchev–Trinajstić information content (AvgIpc) is 1.98. The first kappa shape index (κ1) is 16.2. The molecule has 0 spiro atoms. The zero-order valence-corrected chi connectivity index (χ0v) is 14.9. The van der Waals surface area contributed by atoms with Gasteiger partial charge in [-0.3, -0.25) is 0 Å². The molecule has 0 aliphatic rings. The Morgan fingerprint density at radius 1 is 1.00 bits per heavy atom. The molecule has 0 aromatic rings. The van der Waals surface area contributed by atoms with Crippen LogP contribution in [0.1, 0.15) is 27.7 Å². The van der Waals surface area contributed by atoms with Crippen LogP contribution in [0.25, 0.3) is 0 Å². The highest BCUT2D eigenvalue weighted by molar-refractivity contribution is 6.85. The Labute approximate surface area is 106 Å². The van der Waals surface area contributed by atoms with Crippen molar-refractivity contribution in [1.29, 1.82) is 0 Å². The lowest BCUT2D eigenvalue weighted by atomic mass is 10.2. The van der Waals surface area contributed by atoms with Crippen LogP contribution in [-0.4, -0.2) is 16.1 Å². The Kier molecular flexibility index (Phi) is 5.27. The minimum Gasteiger partial charge on any atom is -0.0917 e. The molecule has 16 heavy (non-hydrogen) atoms. The second-order valence-corrected chi connectivity index (χ2v) is 19.1. The van der Waals surface area contributed by atoms with Crippen LogP contribution in [0.2, 0.25) is 49.4 Å². The Bertz CT molecular complexity index is 238. The van der Waals surface area contributed by atoms with Crippen molar-refractivity contribution in [3.8, 4) is 0 Å². The van der Waals surface area contributed by atoms with E-state index in [1.54, 1.807) is 0 Å². The molecular formula is C14H32Si2. The number of allylic oxidation sites excluding steroid dienone is 2. The third kappa shape index (κ3) is 4.58. The predicted molar refractivity (Wildman–Crippen MR) is 83.9 cm³/mol. The Hall–Kier alpha value is 0.174. The second kappa shape index (κ2) is 5.22. The van der Waals surface area contributed by atoms with Crippen LogP contribution in [0.4, 0.5) is 0 Å². The molecule has 0 nitrogen and oxygen atoms in total. The highest BCUT2D eigenvalue weighted by Gasteiger charge is 2.42. The van der Waals surface area contributed by atoms with Gasteiger partial charge in [-0.2, -0.15) is 0 Å². The quantitative estimate of drug-likeness (QED) is 0.442. The van der Waals surface area contributed by atoms with E-state index in [1.165, 1.54) is 6.04 Å². The topological polar surface area (TPSA) is 0 Å². The first-order valence-electron chi connectivity index (χ1n) is 6.54. The molecule has 2 heteroatoms. The molecule has 0 unspecified atom stereocenters. The summed E-state index contributed by atoms with van der Waals surface area (Å²) in [5.74, 6) is 0. The molecule has 0 heterocycles. The fourth-order valence-electron chi connectivity index (χ4n) is 2.01. The van der Waals surface area contributed by atoms with Gasteiger partial charge in [0, 0.05) is 8.07 Å². The Morgan fingerprint density at radius 2 is 1.44 bits per heavy atom. The summed E-state index contributed by atoms with van der Waals surface area (Å²) in [6, 6.07) is 1.45. The summed E-state index contributed by atoms with van der Waals surface area (Å²) in [7, 11) is -2.18. The molecule has 0 saturated carbocycles. The van der Waals surface area contributed by atoms with Crippen molar-refractivity contribution in [3.63, 3.8) is 0 Å². The summed E-state index contributed by atoms with van der Waals surface area (Å²) < 4.78 is 0. The number of hydrogen-bond donors (Lipinski definition) is 0. The zero-order chi connectivity index (χ0) is 13.2. The molecule has 96 valence electrons. The lowest BCUT2D eigenvalue weighted by Gasteiger charge is -2.44. The van der Waals surface area contributed by atoms with E-state index < -0.39 is 16.1 Å². The molecule has 0 radical (unpaired) electrons. The fraction of sp³-hybridized carbons (Fsp3) is 0.857. The molecular weight excluding hydrogens is 224 g/mol. The van der Waals surface area contributed by atoms with Gasteiger partial charge in [0.05, 0.1) is 8.07 Å². The Balaban J connectivity index is 5.07. The predicted octanol–water partition coefficient (Wildman–Crippen LogP) is 5.78. The molecule has 0 aliphatic heterocycles. The smallest absolute Gasteiger partial charge is 0.0593 e. The average molecular weight is 257 g/mol. The van der Waals surface area contributed by atoms with Gasteiger partial charge in [0.15, 0.2) is 0 Å². The van der Waals surface area contributed by atoms with E-state index in [1.807, 2.05) is 0 Å². The van der Waals surface area contributed by atoms with Crippen LogP contribution in [-0.2, 0) is 0 Å². The molecule has 0 saturated heterocycles. The molecule has 1 atom stereocenters. The van der Waals surface area contributed by atoms with E-state index in [2.05, 4.69) is 72.6 Å². The van der Waals surface area contributed by atoms with E-state index >= 15 is 0 Å². The molecule has 0 rings (SSSR count). The van der Waals surface area contributed by atoms with Gasteiger partial charge in [-0.15, -0.1) is 0 Å². The molecule has 0 aromatic heterocycles. The lowest BCUT2D eigenvalue weighted by Crippen LogP contribution is -2.43. The van der Waals surface area contributed by atoms with Crippen molar-refractivity contribution in [2.24, 2.45) is 0 Å². The van der Waals surface area contributed by atoms with E-state index in [4.69, 9.17) is 0 Å². The van der Waals surface area contributed by atoms with Crippen LogP contribution in [0.15, 0.2) is 12.2 Å². The van der Waals surface area contributed by atoms with Crippen LogP contribution in [0.5, 0.6) is 0 Å². The van der Waals surface area contributed by atoms with Crippen molar-refractivity contribution in [3.05, 3.63) is 12.2 Å². The summed E-state index contributed by atoms with van der Waals surface area (Å²) in [5.41, 5.74) is 0.851. The van der Waals surface area contributed by atoms with E-state index in [0.29, 0.717) is 5.04 Å². The van der Waals surface area contributed by atoms with Gasteiger partial charge in [0.2, 0.25) is 0 Å². The SMILES string of the molecule is C/C=C\[C@H](C[Si](C)(C)C)[Si](C)(C)C(C)(C)C. The largest absolute Gasteiger partial charge is 0.0917 e. The van der Waals surface area contributed by atoms with Crippen LogP contribution in [0, 0.1) is 0 Å². The van der Waals surface area contributed by atoms with Crippen molar-refractivity contribution < 1.29 is 0 Å². The third-order valence-corrected chi connectivity index (χ3v) is 12.3. The van der Waals surface area contributed by atoms with Gasteiger partial charge in [0.1, 0.15) is 0 Å². The van der Waals surface area contributed by atoms with E-state index in [9.17, 15) is 0 Å². The van der Waals surface area contributed by atoms with Gasteiger partial charge in [-0.05, 0) is 17.5 Å². The lowest BCUT2D eigenvalue weighted by molar-refractivity contribution is 0.703. The van der Waals surface area contributed by atoms with Crippen molar-refractivity contribution in [1.82, 2.24) is 0 Å². The molecule has 0 aliphatic carbocycles. The zero-order valence-electron chi connectivity index (χ0n) is 12.9. The van der Waals surface area contributed by atoms with E-state index in [0.717, 1.165) is 5.54 Å². The van der Waals surface area contributed by atoms with Crippen LogP contribution in [0.3, 0.4) is 0 Å². The van der Waals surface area contributed by atoms with Gasteiger partial charge < -0.3 is 0 Å². The standard InChI is InChI=1S/C14H32Si2/c1-10-11-13(12-15(5,6)7)16(8,9)14(2,3)4/h10-11,13H,12H2,1-9H3/b11-10-/t13-/m1/s1. The minimum atomic E-state index is -1.22. The van der Waals surface area contributed by atoms with Crippen molar-refractivity contribution in [2.75, 3.05) is 0 Å². The molecule has 0 amide bonds. The van der Waals surface area contributed by atoms with Gasteiger partial charge in [0.25, 0.3) is 0 Å². The summed E-state index contributed by atoms with van der Waals surface area (Å²) >= 11 is 0. The molecule has 0 fully saturated rings. The first-order chi connectivity index (χ1) is 6.92. The van der Waals surface area contributed by atoms with Gasteiger partial charge >= 0.3 is 0 Å². The fourth-order valence-corrected chi connectivity index (χ4v) is 9.13. The highest BCUT2D eigenvalue weighted by Crippen LogP contribution is 2.47. The maximum absolute atomic E-state index is 2.57. The molecule has 0 N–H and O–H groups in total. The summed E-state index contributed by atoms with van der Waals surface area (Å²) in [6.07, 6.45) is 4.76. The van der Waals surface area contributed by atoms with E-state index in [-0.39, 0.29) is 0 Å². The molecule has 0 aromatic carbocycles. The monoisotopic (exact) mass is 256 g/mol. The maximum atomic E-state index is 2.57. The summed E-state index contributed by atoms with van der Waals surface area (Å²) in [5, 5.41) is 0.497. The first-order valence-corrected chi connectivity index (χ1v) is 13.3. The summed E-state index contributed by atoms with van der Waals surface area (Å²) in [4.78, 5) is 0. The summed E-state index contributed by atoms with van der Waals surface area (Å²) in [6.45, 7) is 22.1. The normalized spacial score (nSPS) is 16.8. The molecule has 0 bridgehead atoms. The number of rotatable bonds is 4.